The lowest BCUT2D eigenvalue weighted by molar-refractivity contribution is 0.103. The summed E-state index contributed by atoms with van der Waals surface area (Å²) in [7, 11) is 0. The molecule has 0 saturated heterocycles. The molecule has 104 valence electrons. The van der Waals surface area contributed by atoms with Crippen molar-refractivity contribution in [2.24, 2.45) is 11.8 Å². The molecule has 2 nitrogen and oxygen atoms in total. The van der Waals surface area contributed by atoms with Crippen LogP contribution in [0.5, 0.6) is 0 Å². The summed E-state index contributed by atoms with van der Waals surface area (Å²) < 4.78 is 0. The largest absolute Gasteiger partial charge is 0.286 e. The van der Waals surface area contributed by atoms with Crippen LogP contribution in [0, 0.1) is 11.8 Å². The van der Waals surface area contributed by atoms with E-state index in [4.69, 9.17) is 0 Å². The summed E-state index contributed by atoms with van der Waals surface area (Å²) in [4.78, 5) is 18.3. The molecule has 0 saturated carbocycles. The fourth-order valence-electron chi connectivity index (χ4n) is 2.78. The van der Waals surface area contributed by atoms with E-state index in [9.17, 15) is 4.79 Å². The summed E-state index contributed by atoms with van der Waals surface area (Å²) in [5.41, 5.74) is 1.89. The number of thiazole rings is 1. The maximum absolute atomic E-state index is 12.4. The highest BCUT2D eigenvalue weighted by molar-refractivity contribution is 7.14. The molecule has 0 amide bonds. The number of carbonyl (C=O) groups is 1. The van der Waals surface area contributed by atoms with Crippen LogP contribution in [0.1, 0.15) is 46.2 Å². The second-order valence-electron chi connectivity index (χ2n) is 5.83. The molecule has 1 unspecified atom stereocenters. The van der Waals surface area contributed by atoms with Gasteiger partial charge in [0.1, 0.15) is 0 Å². The first kappa shape index (κ1) is 13.5. The Morgan fingerprint density at radius 1 is 1.30 bits per heavy atom. The molecule has 1 atom stereocenters. The average molecular weight is 285 g/mol. The zero-order chi connectivity index (χ0) is 14.1. The molecular weight excluding hydrogens is 266 g/mol. The monoisotopic (exact) mass is 285 g/mol. The van der Waals surface area contributed by atoms with Gasteiger partial charge in [-0.2, -0.15) is 0 Å². The van der Waals surface area contributed by atoms with Crippen molar-refractivity contribution < 1.29 is 4.79 Å². The Morgan fingerprint density at radius 3 is 2.75 bits per heavy atom. The standard InChI is InChI=1S/C17H19NOS/c1-11(2)13-8-9-14-15(10-13)20-17(18-14)16(19)12-6-4-3-5-7-12/h3-7,11,13H,8-10H2,1-2H3. The molecule has 1 aromatic heterocycles. The maximum Gasteiger partial charge on any atom is 0.221 e. The number of hydrogen-bond acceptors (Lipinski definition) is 3. The van der Waals surface area contributed by atoms with Gasteiger partial charge in [-0.3, -0.25) is 4.79 Å². The molecule has 1 aliphatic carbocycles. The predicted octanol–water partition coefficient (Wildman–Crippen LogP) is 4.14. The molecule has 1 aromatic carbocycles. The molecule has 0 fully saturated rings. The number of benzene rings is 1. The van der Waals surface area contributed by atoms with E-state index in [-0.39, 0.29) is 5.78 Å². The minimum absolute atomic E-state index is 0.0612. The van der Waals surface area contributed by atoms with Crippen molar-refractivity contribution in [2.75, 3.05) is 0 Å². The first-order valence-corrected chi connectivity index (χ1v) is 8.05. The van der Waals surface area contributed by atoms with Gasteiger partial charge in [0.2, 0.25) is 5.78 Å². The van der Waals surface area contributed by atoms with E-state index >= 15 is 0 Å². The van der Waals surface area contributed by atoms with E-state index in [0.717, 1.165) is 30.0 Å². The van der Waals surface area contributed by atoms with Gasteiger partial charge in [-0.1, -0.05) is 44.2 Å². The Hall–Kier alpha value is -1.48. The number of nitrogens with zero attached hydrogens (tertiary/aromatic N) is 1. The van der Waals surface area contributed by atoms with E-state index in [1.54, 1.807) is 11.3 Å². The molecule has 3 rings (SSSR count). The second-order valence-corrected chi connectivity index (χ2v) is 6.91. The number of aromatic nitrogens is 1. The number of rotatable bonds is 3. The fraction of sp³-hybridized carbons (Fsp3) is 0.412. The number of carbonyl (C=O) groups excluding carboxylic acids is 1. The topological polar surface area (TPSA) is 30.0 Å². The molecule has 0 aliphatic heterocycles. The molecule has 3 heteroatoms. The van der Waals surface area contributed by atoms with Gasteiger partial charge in [0, 0.05) is 10.4 Å². The Bertz CT molecular complexity index is 615. The third-order valence-corrected chi connectivity index (χ3v) is 5.27. The fourth-order valence-corrected chi connectivity index (χ4v) is 3.94. The van der Waals surface area contributed by atoms with Crippen LogP contribution in [0.2, 0.25) is 0 Å². The Labute approximate surface area is 123 Å². The highest BCUT2D eigenvalue weighted by Gasteiger charge is 2.26. The zero-order valence-electron chi connectivity index (χ0n) is 11.9. The van der Waals surface area contributed by atoms with Crippen LogP contribution in [0.3, 0.4) is 0 Å². The number of fused-ring (bicyclic) bond motifs is 1. The lowest BCUT2D eigenvalue weighted by Crippen LogP contribution is -2.17. The molecule has 1 heterocycles. The molecule has 0 N–H and O–H groups in total. The minimum Gasteiger partial charge on any atom is -0.286 e. The summed E-state index contributed by atoms with van der Waals surface area (Å²) in [5, 5.41) is 0.658. The highest BCUT2D eigenvalue weighted by Crippen LogP contribution is 2.34. The zero-order valence-corrected chi connectivity index (χ0v) is 12.7. The maximum atomic E-state index is 12.4. The normalized spacial score (nSPS) is 18.1. The van der Waals surface area contributed by atoms with E-state index in [1.807, 2.05) is 30.3 Å². The Balaban J connectivity index is 1.86. The van der Waals surface area contributed by atoms with Crippen molar-refractivity contribution in [3.8, 4) is 0 Å². The van der Waals surface area contributed by atoms with Crippen LogP contribution in [0.15, 0.2) is 30.3 Å². The van der Waals surface area contributed by atoms with Crippen molar-refractivity contribution in [1.29, 1.82) is 0 Å². The van der Waals surface area contributed by atoms with Gasteiger partial charge in [0.15, 0.2) is 5.01 Å². The second kappa shape index (κ2) is 5.49. The van der Waals surface area contributed by atoms with Crippen molar-refractivity contribution in [1.82, 2.24) is 4.98 Å². The number of ketones is 1. The van der Waals surface area contributed by atoms with E-state index < -0.39 is 0 Å². The van der Waals surface area contributed by atoms with Crippen LogP contribution in [-0.4, -0.2) is 10.8 Å². The van der Waals surface area contributed by atoms with Crippen molar-refractivity contribution >= 4 is 17.1 Å². The van der Waals surface area contributed by atoms with Gasteiger partial charge in [-0.15, -0.1) is 11.3 Å². The Kier molecular flexibility index (Phi) is 3.70. The lowest BCUT2D eigenvalue weighted by atomic mass is 9.83. The first-order chi connectivity index (χ1) is 9.65. The van der Waals surface area contributed by atoms with Gasteiger partial charge in [0.25, 0.3) is 0 Å². The predicted molar refractivity (Wildman–Crippen MR) is 82.3 cm³/mol. The summed E-state index contributed by atoms with van der Waals surface area (Å²) in [6.45, 7) is 4.57. The summed E-state index contributed by atoms with van der Waals surface area (Å²) in [6, 6.07) is 9.45. The van der Waals surface area contributed by atoms with Crippen LogP contribution in [0.25, 0.3) is 0 Å². The highest BCUT2D eigenvalue weighted by atomic mass is 32.1. The van der Waals surface area contributed by atoms with Gasteiger partial charge in [0.05, 0.1) is 5.69 Å². The summed E-state index contributed by atoms with van der Waals surface area (Å²) in [6.07, 6.45) is 3.32. The number of aryl methyl sites for hydroxylation is 1. The third-order valence-electron chi connectivity index (χ3n) is 4.15. The van der Waals surface area contributed by atoms with Crippen molar-refractivity contribution in [2.45, 2.75) is 33.1 Å². The molecular formula is C17H19NOS. The minimum atomic E-state index is 0.0612. The van der Waals surface area contributed by atoms with Crippen LogP contribution in [0.4, 0.5) is 0 Å². The van der Waals surface area contributed by atoms with Crippen LogP contribution >= 0.6 is 11.3 Å². The van der Waals surface area contributed by atoms with E-state index in [2.05, 4.69) is 18.8 Å². The van der Waals surface area contributed by atoms with Crippen molar-refractivity contribution in [3.63, 3.8) is 0 Å². The Morgan fingerprint density at radius 2 is 2.05 bits per heavy atom. The van der Waals surface area contributed by atoms with Gasteiger partial charge in [-0.05, 0) is 31.1 Å². The number of hydrogen-bond donors (Lipinski definition) is 0. The summed E-state index contributed by atoms with van der Waals surface area (Å²) in [5.74, 6) is 1.51. The molecule has 1 aliphatic rings. The molecule has 2 aromatic rings. The van der Waals surface area contributed by atoms with E-state index in [1.165, 1.54) is 11.3 Å². The smallest absolute Gasteiger partial charge is 0.221 e. The van der Waals surface area contributed by atoms with E-state index in [0.29, 0.717) is 10.9 Å². The SMILES string of the molecule is CC(C)C1CCc2nc(C(=O)c3ccccc3)sc2C1. The van der Waals surface area contributed by atoms with Gasteiger partial charge < -0.3 is 0 Å². The van der Waals surface area contributed by atoms with Gasteiger partial charge in [-0.25, -0.2) is 4.98 Å². The third kappa shape index (κ3) is 2.55. The quantitative estimate of drug-likeness (QED) is 0.793. The first-order valence-electron chi connectivity index (χ1n) is 7.23. The lowest BCUT2D eigenvalue weighted by Gasteiger charge is -2.24. The summed E-state index contributed by atoms with van der Waals surface area (Å²) >= 11 is 1.60. The van der Waals surface area contributed by atoms with Crippen molar-refractivity contribution in [3.05, 3.63) is 51.5 Å². The molecule has 0 spiro atoms. The molecule has 0 radical (unpaired) electrons. The average Bonchev–Trinajstić information content (AvgIpc) is 2.90. The van der Waals surface area contributed by atoms with Crippen LogP contribution < -0.4 is 0 Å². The molecule has 0 bridgehead atoms. The molecule has 20 heavy (non-hydrogen) atoms. The van der Waals surface area contributed by atoms with Crippen LogP contribution in [-0.2, 0) is 12.8 Å². The van der Waals surface area contributed by atoms with Gasteiger partial charge >= 0.3 is 0 Å².